The molecule has 72 valence electrons. The van der Waals surface area contributed by atoms with Gasteiger partial charge in [0, 0.05) is 24.0 Å². The summed E-state index contributed by atoms with van der Waals surface area (Å²) < 4.78 is 0. The van der Waals surface area contributed by atoms with Crippen molar-refractivity contribution in [3.05, 3.63) is 48.4 Å². The molecule has 13 heavy (non-hydrogen) atoms. The van der Waals surface area contributed by atoms with Gasteiger partial charge in [-0.3, -0.25) is 0 Å². The van der Waals surface area contributed by atoms with Crippen LogP contribution in [0, 0.1) is 0 Å². The SMILES string of the molecule is C=C/C=C(C(=C)NC)\C(N)=C/CC. The number of rotatable bonds is 5. The van der Waals surface area contributed by atoms with Crippen molar-refractivity contribution in [1.29, 1.82) is 0 Å². The highest BCUT2D eigenvalue weighted by atomic mass is 14.8. The number of hydrogen-bond donors (Lipinski definition) is 2. The lowest BCUT2D eigenvalue weighted by atomic mass is 10.1. The normalized spacial score (nSPS) is 12.5. The molecule has 2 heteroatoms. The first-order valence-corrected chi connectivity index (χ1v) is 4.33. The van der Waals surface area contributed by atoms with Crippen molar-refractivity contribution in [2.75, 3.05) is 7.05 Å². The molecule has 0 aromatic carbocycles. The van der Waals surface area contributed by atoms with Gasteiger partial charge < -0.3 is 11.1 Å². The zero-order valence-corrected chi connectivity index (χ0v) is 8.43. The number of hydrogen-bond acceptors (Lipinski definition) is 2. The monoisotopic (exact) mass is 178 g/mol. The first-order chi connectivity index (χ1) is 6.17. The molecule has 0 fully saturated rings. The Morgan fingerprint density at radius 3 is 2.54 bits per heavy atom. The second-order valence-electron chi connectivity index (χ2n) is 2.61. The standard InChI is InChI=1S/C11H18N2/c1-5-7-10(9(3)13-4)11(12)8-6-2/h5,7-8,13H,1,3,6,12H2,2,4H3/b10-7-,11-8+. The van der Waals surface area contributed by atoms with Crippen molar-refractivity contribution in [1.82, 2.24) is 5.32 Å². The van der Waals surface area contributed by atoms with Gasteiger partial charge in [-0.2, -0.15) is 0 Å². The molecule has 0 aliphatic carbocycles. The molecule has 0 aliphatic heterocycles. The van der Waals surface area contributed by atoms with E-state index in [1.807, 2.05) is 26.1 Å². The molecule has 0 saturated heterocycles. The van der Waals surface area contributed by atoms with Gasteiger partial charge in [-0.1, -0.05) is 38.3 Å². The van der Waals surface area contributed by atoms with Crippen LogP contribution < -0.4 is 11.1 Å². The maximum Gasteiger partial charge on any atom is 0.0367 e. The number of likely N-dealkylation sites (N-methyl/N-ethyl adjacent to an activating group) is 1. The fourth-order valence-corrected chi connectivity index (χ4v) is 0.953. The number of allylic oxidation sites excluding steroid dienone is 3. The molecule has 0 radical (unpaired) electrons. The van der Waals surface area contributed by atoms with Crippen molar-refractivity contribution in [2.24, 2.45) is 5.73 Å². The lowest BCUT2D eigenvalue weighted by Gasteiger charge is -2.09. The van der Waals surface area contributed by atoms with Crippen LogP contribution in [0.4, 0.5) is 0 Å². The van der Waals surface area contributed by atoms with Gasteiger partial charge in [0.15, 0.2) is 0 Å². The summed E-state index contributed by atoms with van der Waals surface area (Å²) in [5.74, 6) is 0. The van der Waals surface area contributed by atoms with Crippen LogP contribution in [0.2, 0.25) is 0 Å². The number of nitrogens with one attached hydrogen (secondary N) is 1. The van der Waals surface area contributed by atoms with E-state index < -0.39 is 0 Å². The molecule has 2 nitrogen and oxygen atoms in total. The molecule has 0 rings (SSSR count). The van der Waals surface area contributed by atoms with Crippen LogP contribution in [0.3, 0.4) is 0 Å². The van der Waals surface area contributed by atoms with E-state index in [-0.39, 0.29) is 0 Å². The Kier molecular flexibility index (Phi) is 5.44. The minimum atomic E-state index is 0.738. The summed E-state index contributed by atoms with van der Waals surface area (Å²) in [5, 5.41) is 2.96. The molecule has 0 heterocycles. The molecule has 0 spiro atoms. The third-order valence-corrected chi connectivity index (χ3v) is 1.65. The summed E-state index contributed by atoms with van der Waals surface area (Å²) >= 11 is 0. The van der Waals surface area contributed by atoms with Gasteiger partial charge in [-0.25, -0.2) is 0 Å². The van der Waals surface area contributed by atoms with E-state index >= 15 is 0 Å². The zero-order valence-electron chi connectivity index (χ0n) is 8.43. The minimum Gasteiger partial charge on any atom is -0.398 e. The number of nitrogens with two attached hydrogens (primary N) is 1. The maximum absolute atomic E-state index is 5.84. The van der Waals surface area contributed by atoms with Crippen LogP contribution in [0.25, 0.3) is 0 Å². The molecule has 0 bridgehead atoms. The summed E-state index contributed by atoms with van der Waals surface area (Å²) in [6, 6.07) is 0. The van der Waals surface area contributed by atoms with Crippen molar-refractivity contribution in [3.63, 3.8) is 0 Å². The molecule has 0 aromatic rings. The Bertz CT molecular complexity index is 247. The van der Waals surface area contributed by atoms with Gasteiger partial charge in [0.1, 0.15) is 0 Å². The predicted molar refractivity (Wildman–Crippen MR) is 59.0 cm³/mol. The van der Waals surface area contributed by atoms with E-state index in [0.717, 1.165) is 23.4 Å². The Hall–Kier alpha value is -1.44. The summed E-state index contributed by atoms with van der Waals surface area (Å²) in [6.45, 7) is 9.52. The fraction of sp³-hybridized carbons (Fsp3) is 0.273. The van der Waals surface area contributed by atoms with E-state index in [1.54, 1.807) is 6.08 Å². The Balaban J connectivity index is 4.82. The maximum atomic E-state index is 5.84. The van der Waals surface area contributed by atoms with Gasteiger partial charge in [0.05, 0.1) is 0 Å². The molecule has 3 N–H and O–H groups in total. The van der Waals surface area contributed by atoms with Crippen LogP contribution in [0.1, 0.15) is 13.3 Å². The molecule has 0 amide bonds. The van der Waals surface area contributed by atoms with Crippen molar-refractivity contribution in [2.45, 2.75) is 13.3 Å². The van der Waals surface area contributed by atoms with E-state index in [4.69, 9.17) is 5.73 Å². The highest BCUT2D eigenvalue weighted by Gasteiger charge is 2.01. The second kappa shape index (κ2) is 6.12. The van der Waals surface area contributed by atoms with E-state index in [0.29, 0.717) is 0 Å². The van der Waals surface area contributed by atoms with Crippen molar-refractivity contribution < 1.29 is 0 Å². The van der Waals surface area contributed by atoms with Crippen LogP contribution in [0.5, 0.6) is 0 Å². The Morgan fingerprint density at radius 2 is 2.15 bits per heavy atom. The van der Waals surface area contributed by atoms with Gasteiger partial charge in [0.25, 0.3) is 0 Å². The molecule has 0 saturated carbocycles. The third kappa shape index (κ3) is 3.65. The van der Waals surface area contributed by atoms with Crippen molar-refractivity contribution >= 4 is 0 Å². The lowest BCUT2D eigenvalue weighted by Crippen LogP contribution is -2.12. The summed E-state index contributed by atoms with van der Waals surface area (Å²) in [7, 11) is 1.82. The van der Waals surface area contributed by atoms with Crippen LogP contribution in [0.15, 0.2) is 48.4 Å². The van der Waals surface area contributed by atoms with Gasteiger partial charge in [0.2, 0.25) is 0 Å². The van der Waals surface area contributed by atoms with E-state index in [1.165, 1.54) is 0 Å². The molecule has 0 unspecified atom stereocenters. The van der Waals surface area contributed by atoms with Gasteiger partial charge in [-0.15, -0.1) is 0 Å². The topological polar surface area (TPSA) is 38.0 Å². The lowest BCUT2D eigenvalue weighted by molar-refractivity contribution is 1.00. The summed E-state index contributed by atoms with van der Waals surface area (Å²) in [5.41, 5.74) is 8.28. The molecule has 0 aromatic heterocycles. The summed E-state index contributed by atoms with van der Waals surface area (Å²) in [6.07, 6.45) is 6.42. The Labute approximate surface area is 80.5 Å². The minimum absolute atomic E-state index is 0.738. The first kappa shape index (κ1) is 11.6. The summed E-state index contributed by atoms with van der Waals surface area (Å²) in [4.78, 5) is 0. The Morgan fingerprint density at radius 1 is 1.54 bits per heavy atom. The molecule has 0 atom stereocenters. The highest BCUT2D eigenvalue weighted by molar-refractivity contribution is 5.44. The smallest absolute Gasteiger partial charge is 0.0367 e. The van der Waals surface area contributed by atoms with Gasteiger partial charge >= 0.3 is 0 Å². The van der Waals surface area contributed by atoms with Crippen LogP contribution in [-0.4, -0.2) is 7.05 Å². The van der Waals surface area contributed by atoms with Crippen molar-refractivity contribution in [3.8, 4) is 0 Å². The average Bonchev–Trinajstić information content (AvgIpc) is 2.13. The first-order valence-electron chi connectivity index (χ1n) is 4.33. The zero-order chi connectivity index (χ0) is 10.3. The molecule has 0 aliphatic rings. The van der Waals surface area contributed by atoms with Crippen LogP contribution >= 0.6 is 0 Å². The second-order valence-corrected chi connectivity index (χ2v) is 2.61. The molecular weight excluding hydrogens is 160 g/mol. The van der Waals surface area contributed by atoms with E-state index in [9.17, 15) is 0 Å². The average molecular weight is 178 g/mol. The van der Waals surface area contributed by atoms with E-state index in [2.05, 4.69) is 18.5 Å². The quantitative estimate of drug-likeness (QED) is 0.633. The predicted octanol–water partition coefficient (Wildman–Crippen LogP) is 2.08. The van der Waals surface area contributed by atoms with Gasteiger partial charge in [-0.05, 0) is 6.42 Å². The fourth-order valence-electron chi connectivity index (χ4n) is 0.953. The largest absolute Gasteiger partial charge is 0.398 e. The third-order valence-electron chi connectivity index (χ3n) is 1.65. The highest BCUT2D eigenvalue weighted by Crippen LogP contribution is 2.12. The molecular formula is C11H18N2. The van der Waals surface area contributed by atoms with Crippen LogP contribution in [-0.2, 0) is 0 Å².